The maximum absolute atomic E-state index is 12.4. The molecule has 3 aromatic rings. The molecule has 0 saturated carbocycles. The number of rotatable bonds is 9. The fraction of sp³-hybridized carbons (Fsp3) is 0.320. The molecule has 8 heteroatoms. The monoisotopic (exact) mass is 464 g/mol. The molecule has 0 spiro atoms. The third-order valence-corrected chi connectivity index (χ3v) is 6.16. The number of anilines is 1. The number of amides is 1. The highest BCUT2D eigenvalue weighted by molar-refractivity contribution is 7.98. The predicted molar refractivity (Wildman–Crippen MR) is 131 cm³/mol. The molecule has 0 bridgehead atoms. The van der Waals surface area contributed by atoms with Crippen LogP contribution in [0.2, 0.25) is 0 Å². The van der Waals surface area contributed by atoms with Crippen molar-refractivity contribution in [1.82, 2.24) is 15.3 Å². The molecule has 4 rings (SSSR count). The average molecular weight is 465 g/mol. The van der Waals surface area contributed by atoms with Crippen LogP contribution in [0.15, 0.2) is 65.8 Å². The molecule has 1 N–H and O–H groups in total. The number of carbonyl (C=O) groups excluding carboxylic acids is 1. The Bertz CT molecular complexity index is 1060. The van der Waals surface area contributed by atoms with Crippen LogP contribution >= 0.6 is 11.8 Å². The minimum Gasteiger partial charge on any atom is -0.383 e. The Balaban J connectivity index is 1.51. The van der Waals surface area contributed by atoms with E-state index in [1.165, 1.54) is 0 Å². The minimum atomic E-state index is -0.101. The van der Waals surface area contributed by atoms with E-state index >= 15 is 0 Å². The van der Waals surface area contributed by atoms with Crippen LogP contribution in [0.1, 0.15) is 15.9 Å². The predicted octanol–water partition coefficient (Wildman–Crippen LogP) is 3.65. The summed E-state index contributed by atoms with van der Waals surface area (Å²) in [5.74, 6) is 1.48. The van der Waals surface area contributed by atoms with Crippen molar-refractivity contribution in [3.05, 3.63) is 71.8 Å². The first-order valence-electron chi connectivity index (χ1n) is 11.0. The summed E-state index contributed by atoms with van der Waals surface area (Å²) in [4.78, 5) is 24.3. The fourth-order valence-corrected chi connectivity index (χ4v) is 4.30. The zero-order valence-corrected chi connectivity index (χ0v) is 19.5. The van der Waals surface area contributed by atoms with Crippen molar-refractivity contribution in [2.24, 2.45) is 0 Å². The molecule has 2 aromatic carbocycles. The van der Waals surface area contributed by atoms with Crippen molar-refractivity contribution >= 4 is 23.5 Å². The van der Waals surface area contributed by atoms with E-state index < -0.39 is 0 Å². The lowest BCUT2D eigenvalue weighted by molar-refractivity contribution is 0.0937. The highest BCUT2D eigenvalue weighted by Gasteiger charge is 2.16. The highest BCUT2D eigenvalue weighted by atomic mass is 32.2. The maximum Gasteiger partial charge on any atom is 0.251 e. The lowest BCUT2D eigenvalue weighted by atomic mass is 10.1. The Labute approximate surface area is 198 Å². The number of aromatic nitrogens is 2. The van der Waals surface area contributed by atoms with Crippen LogP contribution in [0, 0.1) is 0 Å². The van der Waals surface area contributed by atoms with E-state index in [4.69, 9.17) is 19.4 Å². The number of morpholine rings is 1. The van der Waals surface area contributed by atoms with E-state index in [0.717, 1.165) is 35.7 Å². The number of nitrogens with zero attached hydrogens (tertiary/aromatic N) is 3. The standard InChI is InChI=1S/C25H28N4O3S/c1-31-13-10-26-24(30)21-9-5-6-19(16-21)18-33-25-27-22(20-7-3-2-4-8-20)17-23(28-25)29-11-14-32-15-12-29/h2-9,16-17H,10-15,18H2,1H3,(H,26,30). The van der Waals surface area contributed by atoms with Crippen LogP contribution in [-0.2, 0) is 15.2 Å². The van der Waals surface area contributed by atoms with E-state index in [1.807, 2.05) is 42.5 Å². The number of carbonyl (C=O) groups is 1. The average Bonchev–Trinajstić information content (AvgIpc) is 2.88. The van der Waals surface area contributed by atoms with Gasteiger partial charge in [0.05, 0.1) is 25.5 Å². The van der Waals surface area contributed by atoms with Crippen molar-refractivity contribution in [2.45, 2.75) is 10.9 Å². The van der Waals surface area contributed by atoms with Crippen LogP contribution in [0.5, 0.6) is 0 Å². The molecule has 7 nitrogen and oxygen atoms in total. The van der Waals surface area contributed by atoms with Gasteiger partial charge in [-0.25, -0.2) is 9.97 Å². The van der Waals surface area contributed by atoms with Gasteiger partial charge >= 0.3 is 0 Å². The van der Waals surface area contributed by atoms with Crippen LogP contribution in [0.4, 0.5) is 5.82 Å². The van der Waals surface area contributed by atoms with Gasteiger partial charge in [0.25, 0.3) is 5.91 Å². The summed E-state index contributed by atoms with van der Waals surface area (Å²) in [5, 5.41) is 3.57. The van der Waals surface area contributed by atoms with E-state index in [9.17, 15) is 4.79 Å². The number of hydrogen-bond acceptors (Lipinski definition) is 7. The van der Waals surface area contributed by atoms with Gasteiger partial charge in [0, 0.05) is 49.7 Å². The number of ether oxygens (including phenoxy) is 2. The van der Waals surface area contributed by atoms with Crippen LogP contribution in [0.3, 0.4) is 0 Å². The normalized spacial score (nSPS) is 13.7. The summed E-state index contributed by atoms with van der Waals surface area (Å²) >= 11 is 1.57. The van der Waals surface area contributed by atoms with Gasteiger partial charge < -0.3 is 19.7 Å². The molecule has 1 aromatic heterocycles. The van der Waals surface area contributed by atoms with Crippen molar-refractivity contribution in [2.75, 3.05) is 51.5 Å². The van der Waals surface area contributed by atoms with Crippen molar-refractivity contribution < 1.29 is 14.3 Å². The number of nitrogens with one attached hydrogen (secondary N) is 1. The number of methoxy groups -OCH3 is 1. The highest BCUT2D eigenvalue weighted by Crippen LogP contribution is 2.28. The molecule has 1 saturated heterocycles. The summed E-state index contributed by atoms with van der Waals surface area (Å²) in [6, 6.07) is 19.9. The molecule has 2 heterocycles. The zero-order valence-electron chi connectivity index (χ0n) is 18.7. The molecule has 172 valence electrons. The largest absolute Gasteiger partial charge is 0.383 e. The van der Waals surface area contributed by atoms with Gasteiger partial charge in [0.1, 0.15) is 5.82 Å². The molecule has 0 radical (unpaired) electrons. The van der Waals surface area contributed by atoms with Crippen LogP contribution < -0.4 is 10.2 Å². The SMILES string of the molecule is COCCNC(=O)c1cccc(CSc2nc(-c3ccccc3)cc(N3CCOCC3)n2)c1. The second-order valence-electron chi connectivity index (χ2n) is 7.60. The first-order valence-corrected chi connectivity index (χ1v) is 12.0. The Hall–Kier alpha value is -2.94. The zero-order chi connectivity index (χ0) is 22.9. The van der Waals surface area contributed by atoms with E-state index in [0.29, 0.717) is 42.8 Å². The van der Waals surface area contributed by atoms with Gasteiger partial charge in [-0.1, -0.05) is 54.2 Å². The number of thioether (sulfide) groups is 1. The third-order valence-electron chi connectivity index (χ3n) is 5.25. The van der Waals surface area contributed by atoms with Crippen molar-refractivity contribution in [3.8, 4) is 11.3 Å². The molecular formula is C25H28N4O3S. The number of hydrogen-bond donors (Lipinski definition) is 1. The lowest BCUT2D eigenvalue weighted by Crippen LogP contribution is -2.36. The summed E-state index contributed by atoms with van der Waals surface area (Å²) in [7, 11) is 1.61. The van der Waals surface area contributed by atoms with Gasteiger partial charge in [0.2, 0.25) is 0 Å². The smallest absolute Gasteiger partial charge is 0.251 e. The Kier molecular flexibility index (Phi) is 8.30. The summed E-state index contributed by atoms with van der Waals surface area (Å²) in [6.45, 7) is 4.00. The molecule has 0 aliphatic carbocycles. The topological polar surface area (TPSA) is 76.6 Å². The first-order chi connectivity index (χ1) is 16.2. The van der Waals surface area contributed by atoms with Crippen LogP contribution in [-0.4, -0.2) is 62.4 Å². The van der Waals surface area contributed by atoms with Crippen molar-refractivity contribution in [3.63, 3.8) is 0 Å². The summed E-state index contributed by atoms with van der Waals surface area (Å²) in [5.41, 5.74) is 3.64. The number of benzene rings is 2. The quantitative estimate of drug-likeness (QED) is 0.294. The van der Waals surface area contributed by atoms with E-state index in [2.05, 4.69) is 28.4 Å². The Morgan fingerprint density at radius 3 is 2.70 bits per heavy atom. The molecule has 0 atom stereocenters. The summed E-state index contributed by atoms with van der Waals surface area (Å²) in [6.07, 6.45) is 0. The van der Waals surface area contributed by atoms with Gasteiger partial charge in [-0.2, -0.15) is 0 Å². The molecule has 1 amide bonds. The Morgan fingerprint density at radius 1 is 1.09 bits per heavy atom. The van der Waals surface area contributed by atoms with Gasteiger partial charge in [-0.05, 0) is 17.7 Å². The molecule has 0 unspecified atom stereocenters. The molecule has 1 fully saturated rings. The fourth-order valence-electron chi connectivity index (χ4n) is 3.51. The second kappa shape index (κ2) is 11.8. The summed E-state index contributed by atoms with van der Waals surface area (Å²) < 4.78 is 10.5. The van der Waals surface area contributed by atoms with Crippen LogP contribution in [0.25, 0.3) is 11.3 Å². The molecule has 33 heavy (non-hydrogen) atoms. The second-order valence-corrected chi connectivity index (χ2v) is 8.54. The minimum absolute atomic E-state index is 0.101. The van der Waals surface area contributed by atoms with Crippen molar-refractivity contribution in [1.29, 1.82) is 0 Å². The third kappa shape index (κ3) is 6.54. The van der Waals surface area contributed by atoms with Gasteiger partial charge in [0.15, 0.2) is 5.16 Å². The maximum atomic E-state index is 12.4. The van der Waals surface area contributed by atoms with Gasteiger partial charge in [-0.15, -0.1) is 0 Å². The molecule has 1 aliphatic rings. The Morgan fingerprint density at radius 2 is 1.91 bits per heavy atom. The lowest BCUT2D eigenvalue weighted by Gasteiger charge is -2.28. The molecular weight excluding hydrogens is 436 g/mol. The van der Waals surface area contributed by atoms with Gasteiger partial charge in [-0.3, -0.25) is 4.79 Å². The van der Waals surface area contributed by atoms with E-state index in [-0.39, 0.29) is 5.91 Å². The molecule has 1 aliphatic heterocycles. The first kappa shape index (κ1) is 23.2. The van der Waals surface area contributed by atoms with E-state index in [1.54, 1.807) is 18.9 Å².